The van der Waals surface area contributed by atoms with E-state index < -0.39 is 6.04 Å². The molecule has 1 atom stereocenters. The van der Waals surface area contributed by atoms with E-state index in [-0.39, 0.29) is 29.9 Å². The van der Waals surface area contributed by atoms with Crippen molar-refractivity contribution in [1.82, 2.24) is 10.2 Å². The third kappa shape index (κ3) is 7.82. The summed E-state index contributed by atoms with van der Waals surface area (Å²) in [5.74, 6) is 0.484. The van der Waals surface area contributed by atoms with Gasteiger partial charge in [-0.2, -0.15) is 0 Å². The molecule has 2 amide bonds. The number of carbonyl (C=O) groups is 2. The van der Waals surface area contributed by atoms with Crippen molar-refractivity contribution < 1.29 is 14.0 Å². The first-order valence-electron chi connectivity index (χ1n) is 10.5. The van der Waals surface area contributed by atoms with Crippen LogP contribution in [0.4, 0.5) is 4.39 Å². The highest BCUT2D eigenvalue weighted by atomic mass is 32.2. The lowest BCUT2D eigenvalue weighted by Crippen LogP contribution is -2.49. The van der Waals surface area contributed by atoms with E-state index in [2.05, 4.69) is 12.2 Å². The van der Waals surface area contributed by atoms with E-state index in [0.29, 0.717) is 13.0 Å². The molecule has 0 bridgehead atoms. The molecule has 0 aliphatic heterocycles. The Hall–Kier alpha value is -2.34. The number of carbonyl (C=O) groups excluding carboxylic acids is 2. The van der Waals surface area contributed by atoms with Crippen LogP contribution in [0.3, 0.4) is 0 Å². The Balaban J connectivity index is 2.08. The van der Waals surface area contributed by atoms with Gasteiger partial charge in [0, 0.05) is 18.8 Å². The Morgan fingerprint density at radius 2 is 1.73 bits per heavy atom. The third-order valence-electron chi connectivity index (χ3n) is 4.82. The van der Waals surface area contributed by atoms with Gasteiger partial charge in [0.2, 0.25) is 11.8 Å². The first kappa shape index (κ1) is 23.9. The largest absolute Gasteiger partial charge is 0.354 e. The van der Waals surface area contributed by atoms with Crippen molar-refractivity contribution in [2.24, 2.45) is 0 Å². The summed E-state index contributed by atoms with van der Waals surface area (Å²) in [6.07, 6.45) is 2.42. The molecular formula is C24H31FN2O2S. The van der Waals surface area contributed by atoms with Crippen molar-refractivity contribution in [3.05, 3.63) is 71.5 Å². The second-order valence-electron chi connectivity index (χ2n) is 7.20. The average Bonchev–Trinajstić information content (AvgIpc) is 2.76. The SMILES string of the molecule is CCCCNC(=O)[C@@H](CC)N(Cc1ccc(F)cc1)C(=O)CSCc1ccccc1. The van der Waals surface area contributed by atoms with Crippen LogP contribution < -0.4 is 5.32 Å². The number of hydrogen-bond donors (Lipinski definition) is 1. The van der Waals surface area contributed by atoms with E-state index in [0.717, 1.165) is 29.7 Å². The van der Waals surface area contributed by atoms with Crippen molar-refractivity contribution >= 4 is 23.6 Å². The van der Waals surface area contributed by atoms with Gasteiger partial charge in [0.05, 0.1) is 5.75 Å². The summed E-state index contributed by atoms with van der Waals surface area (Å²) in [6.45, 7) is 4.86. The molecule has 0 radical (unpaired) electrons. The molecule has 0 heterocycles. The number of hydrogen-bond acceptors (Lipinski definition) is 3. The topological polar surface area (TPSA) is 49.4 Å². The lowest BCUT2D eigenvalue weighted by atomic mass is 10.1. The molecule has 1 N–H and O–H groups in total. The van der Waals surface area contributed by atoms with Crippen molar-refractivity contribution in [1.29, 1.82) is 0 Å². The number of rotatable bonds is 12. The van der Waals surface area contributed by atoms with E-state index in [1.165, 1.54) is 23.9 Å². The number of amides is 2. The summed E-state index contributed by atoms with van der Waals surface area (Å²) in [5.41, 5.74) is 1.96. The molecule has 0 spiro atoms. The summed E-state index contributed by atoms with van der Waals surface area (Å²) in [7, 11) is 0. The molecule has 2 aromatic rings. The van der Waals surface area contributed by atoms with Gasteiger partial charge in [-0.25, -0.2) is 4.39 Å². The first-order chi connectivity index (χ1) is 14.5. The van der Waals surface area contributed by atoms with E-state index in [4.69, 9.17) is 0 Å². The van der Waals surface area contributed by atoms with E-state index in [1.54, 1.807) is 17.0 Å². The number of unbranched alkanes of at least 4 members (excludes halogenated alkanes) is 1. The maximum atomic E-state index is 13.3. The number of thioether (sulfide) groups is 1. The van der Waals surface area contributed by atoms with E-state index in [9.17, 15) is 14.0 Å². The Bertz CT molecular complexity index is 784. The highest BCUT2D eigenvalue weighted by Gasteiger charge is 2.28. The van der Waals surface area contributed by atoms with Crippen LogP contribution in [0.15, 0.2) is 54.6 Å². The van der Waals surface area contributed by atoms with Crippen LogP contribution >= 0.6 is 11.8 Å². The minimum Gasteiger partial charge on any atom is -0.354 e. The molecular weight excluding hydrogens is 399 g/mol. The monoisotopic (exact) mass is 430 g/mol. The fraction of sp³-hybridized carbons (Fsp3) is 0.417. The van der Waals surface area contributed by atoms with Crippen LogP contribution in [-0.2, 0) is 21.9 Å². The van der Waals surface area contributed by atoms with Crippen LogP contribution in [0.5, 0.6) is 0 Å². The van der Waals surface area contributed by atoms with Gasteiger partial charge in [-0.3, -0.25) is 9.59 Å². The molecule has 0 aliphatic carbocycles. The molecule has 0 saturated carbocycles. The third-order valence-corrected chi connectivity index (χ3v) is 5.81. The Labute approximate surface area is 183 Å². The fourth-order valence-electron chi connectivity index (χ4n) is 3.13. The van der Waals surface area contributed by atoms with Crippen LogP contribution in [0, 0.1) is 5.82 Å². The quantitative estimate of drug-likeness (QED) is 0.493. The standard InChI is InChI=1S/C24H31FN2O2S/c1-3-5-15-26-24(29)22(4-2)27(16-19-11-13-21(25)14-12-19)23(28)18-30-17-20-9-7-6-8-10-20/h6-14,22H,3-5,15-18H2,1-2H3,(H,26,29)/t22-/m1/s1. The Morgan fingerprint density at radius 3 is 2.37 bits per heavy atom. The zero-order valence-electron chi connectivity index (χ0n) is 17.8. The van der Waals surface area contributed by atoms with Crippen molar-refractivity contribution in [2.75, 3.05) is 12.3 Å². The Morgan fingerprint density at radius 1 is 1.03 bits per heavy atom. The fourth-order valence-corrected chi connectivity index (χ4v) is 4.00. The van der Waals surface area contributed by atoms with E-state index >= 15 is 0 Å². The van der Waals surface area contributed by atoms with Gasteiger partial charge in [0.15, 0.2) is 0 Å². The summed E-state index contributed by atoms with van der Waals surface area (Å²) < 4.78 is 13.3. The van der Waals surface area contributed by atoms with Gasteiger partial charge < -0.3 is 10.2 Å². The molecule has 0 fully saturated rings. The van der Waals surface area contributed by atoms with Gasteiger partial charge in [-0.15, -0.1) is 11.8 Å². The lowest BCUT2D eigenvalue weighted by molar-refractivity contribution is -0.139. The average molecular weight is 431 g/mol. The number of benzene rings is 2. The number of nitrogens with one attached hydrogen (secondary N) is 1. The summed E-state index contributed by atoms with van der Waals surface area (Å²) in [4.78, 5) is 27.5. The first-order valence-corrected chi connectivity index (χ1v) is 11.6. The predicted octanol–water partition coefficient (Wildman–Crippen LogP) is 4.78. The smallest absolute Gasteiger partial charge is 0.242 e. The van der Waals surface area contributed by atoms with Gasteiger partial charge in [0.25, 0.3) is 0 Å². The normalized spacial score (nSPS) is 11.7. The second kappa shape index (κ2) is 13.1. The molecule has 0 aliphatic rings. The molecule has 4 nitrogen and oxygen atoms in total. The zero-order valence-corrected chi connectivity index (χ0v) is 18.6. The Kier molecular flexibility index (Phi) is 10.4. The minimum absolute atomic E-state index is 0.0854. The molecule has 6 heteroatoms. The summed E-state index contributed by atoms with van der Waals surface area (Å²) >= 11 is 1.53. The highest BCUT2D eigenvalue weighted by Crippen LogP contribution is 2.17. The summed E-state index contributed by atoms with van der Waals surface area (Å²) in [6, 6.07) is 15.5. The van der Waals surface area contributed by atoms with Gasteiger partial charge in [-0.1, -0.05) is 62.7 Å². The van der Waals surface area contributed by atoms with Crippen LogP contribution in [0.25, 0.3) is 0 Å². The zero-order chi connectivity index (χ0) is 21.8. The second-order valence-corrected chi connectivity index (χ2v) is 8.18. The molecule has 2 rings (SSSR count). The highest BCUT2D eigenvalue weighted by molar-refractivity contribution is 7.99. The van der Waals surface area contributed by atoms with Gasteiger partial charge >= 0.3 is 0 Å². The molecule has 30 heavy (non-hydrogen) atoms. The maximum Gasteiger partial charge on any atom is 0.242 e. The van der Waals surface area contributed by atoms with Crippen molar-refractivity contribution in [2.45, 2.75) is 51.4 Å². The molecule has 0 aromatic heterocycles. The molecule has 2 aromatic carbocycles. The van der Waals surface area contributed by atoms with Crippen molar-refractivity contribution in [3.8, 4) is 0 Å². The van der Waals surface area contributed by atoms with Crippen LogP contribution in [-0.4, -0.2) is 35.1 Å². The molecule has 0 unspecified atom stereocenters. The van der Waals surface area contributed by atoms with Crippen LogP contribution in [0.2, 0.25) is 0 Å². The molecule has 162 valence electrons. The van der Waals surface area contributed by atoms with Crippen molar-refractivity contribution in [3.63, 3.8) is 0 Å². The van der Waals surface area contributed by atoms with Gasteiger partial charge in [-0.05, 0) is 36.1 Å². The maximum absolute atomic E-state index is 13.3. The summed E-state index contributed by atoms with van der Waals surface area (Å²) in [5, 5.41) is 2.95. The molecule has 0 saturated heterocycles. The minimum atomic E-state index is -0.545. The van der Waals surface area contributed by atoms with Gasteiger partial charge in [0.1, 0.15) is 11.9 Å². The van der Waals surface area contributed by atoms with E-state index in [1.807, 2.05) is 37.3 Å². The lowest BCUT2D eigenvalue weighted by Gasteiger charge is -2.30. The number of halogens is 1. The predicted molar refractivity (Wildman–Crippen MR) is 122 cm³/mol. The van der Waals surface area contributed by atoms with Crippen LogP contribution in [0.1, 0.15) is 44.2 Å². The number of nitrogens with zero attached hydrogens (tertiary/aromatic N) is 1.